The monoisotopic (exact) mass is 468 g/mol. The zero-order valence-electron chi connectivity index (χ0n) is 18.7. The first kappa shape index (κ1) is 24.1. The van der Waals surface area contributed by atoms with E-state index in [1.54, 1.807) is 47.9 Å². The minimum absolute atomic E-state index is 0.0949. The zero-order valence-corrected chi connectivity index (χ0v) is 19.5. The third kappa shape index (κ3) is 5.26. The van der Waals surface area contributed by atoms with Crippen LogP contribution in [-0.2, 0) is 17.9 Å². The number of hydrogen-bond acceptors (Lipinski definition) is 5. The number of nitrogens with one attached hydrogen (secondary N) is 1. The molecule has 1 heterocycles. The highest BCUT2D eigenvalue weighted by Gasteiger charge is 2.14. The van der Waals surface area contributed by atoms with Gasteiger partial charge >= 0.3 is 5.69 Å². The van der Waals surface area contributed by atoms with Crippen molar-refractivity contribution in [3.05, 3.63) is 67.8 Å². The normalized spacial score (nSPS) is 11.7. The Balaban J connectivity index is 1.69. The molecular weight excluding hydrogens is 444 g/mol. The number of nitriles is 1. The Hall–Kier alpha value is -3.57. The quantitative estimate of drug-likeness (QED) is 0.541. The van der Waals surface area contributed by atoms with Crippen molar-refractivity contribution in [2.24, 2.45) is 5.92 Å². The van der Waals surface area contributed by atoms with E-state index < -0.39 is 0 Å². The van der Waals surface area contributed by atoms with E-state index in [2.05, 4.69) is 5.32 Å². The van der Waals surface area contributed by atoms with Crippen molar-refractivity contribution in [2.75, 3.05) is 11.9 Å². The fourth-order valence-electron chi connectivity index (χ4n) is 3.59. The molecule has 0 radical (unpaired) electrons. The predicted octanol–water partition coefficient (Wildman–Crippen LogP) is 3.77. The number of anilines is 1. The van der Waals surface area contributed by atoms with Crippen LogP contribution in [-0.4, -0.2) is 21.6 Å². The van der Waals surface area contributed by atoms with Crippen molar-refractivity contribution in [2.45, 2.75) is 40.3 Å². The van der Waals surface area contributed by atoms with Crippen LogP contribution in [0.1, 0.15) is 32.8 Å². The fourth-order valence-corrected chi connectivity index (χ4v) is 3.80. The first-order valence-corrected chi connectivity index (χ1v) is 11.1. The number of hydrogen-bond donors (Lipinski definition) is 1. The molecule has 0 fully saturated rings. The number of carbonyl (C=O) groups excluding carboxylic acids is 1. The highest BCUT2D eigenvalue weighted by molar-refractivity contribution is 6.31. The second-order valence-electron chi connectivity index (χ2n) is 7.73. The lowest BCUT2D eigenvalue weighted by atomic mass is 10.1. The van der Waals surface area contributed by atoms with Gasteiger partial charge in [0.05, 0.1) is 28.1 Å². The third-order valence-corrected chi connectivity index (χ3v) is 5.58. The molecule has 0 aliphatic carbocycles. The number of carbonyl (C=O) groups is 1. The number of halogens is 1. The molecule has 1 aromatic heterocycles. The SMILES string of the molecule is CCn1c(=O)c2cc(NC(=O)CC(C)COc3ccc(C#N)c(Cl)c3)ccc2n(CC)c1=O. The van der Waals surface area contributed by atoms with E-state index in [0.717, 1.165) is 0 Å². The summed E-state index contributed by atoms with van der Waals surface area (Å²) in [5.74, 6) is 0.209. The van der Waals surface area contributed by atoms with E-state index >= 15 is 0 Å². The minimum Gasteiger partial charge on any atom is -0.493 e. The van der Waals surface area contributed by atoms with Gasteiger partial charge in [0, 0.05) is 31.3 Å². The molecular formula is C24H25ClN4O4. The fraction of sp³-hybridized carbons (Fsp3) is 0.333. The molecule has 0 bridgehead atoms. The van der Waals surface area contributed by atoms with Gasteiger partial charge in [-0.05, 0) is 50.1 Å². The van der Waals surface area contributed by atoms with Crippen molar-refractivity contribution >= 4 is 34.1 Å². The van der Waals surface area contributed by atoms with Crippen LogP contribution in [0.4, 0.5) is 5.69 Å². The molecule has 9 heteroatoms. The molecule has 3 aromatic rings. The average Bonchev–Trinajstić information content (AvgIpc) is 2.78. The lowest BCUT2D eigenvalue weighted by Gasteiger charge is -2.15. The Kier molecular flexibility index (Phi) is 7.56. The molecule has 1 unspecified atom stereocenters. The van der Waals surface area contributed by atoms with Gasteiger partial charge in [-0.1, -0.05) is 18.5 Å². The second-order valence-corrected chi connectivity index (χ2v) is 8.14. The topological polar surface area (TPSA) is 106 Å². The van der Waals surface area contributed by atoms with Crippen LogP contribution < -0.4 is 21.3 Å². The molecule has 1 amide bonds. The van der Waals surface area contributed by atoms with Gasteiger partial charge < -0.3 is 10.1 Å². The van der Waals surface area contributed by atoms with Crippen LogP contribution in [0, 0.1) is 17.2 Å². The maximum atomic E-state index is 12.7. The summed E-state index contributed by atoms with van der Waals surface area (Å²) in [5.41, 5.74) is 0.680. The van der Waals surface area contributed by atoms with Gasteiger partial charge in [0.15, 0.2) is 0 Å². The van der Waals surface area contributed by atoms with Gasteiger partial charge in [-0.25, -0.2) is 4.79 Å². The van der Waals surface area contributed by atoms with E-state index in [1.807, 2.05) is 19.9 Å². The smallest absolute Gasteiger partial charge is 0.331 e. The minimum atomic E-state index is -0.374. The van der Waals surface area contributed by atoms with Gasteiger partial charge in [0.2, 0.25) is 5.91 Å². The molecule has 8 nitrogen and oxygen atoms in total. The van der Waals surface area contributed by atoms with E-state index in [9.17, 15) is 14.4 Å². The Bertz CT molecular complexity index is 1350. The first-order chi connectivity index (χ1) is 15.8. The largest absolute Gasteiger partial charge is 0.493 e. The molecule has 0 spiro atoms. The van der Waals surface area contributed by atoms with Gasteiger partial charge in [0.25, 0.3) is 5.56 Å². The van der Waals surface area contributed by atoms with Crippen LogP contribution in [0.2, 0.25) is 5.02 Å². The summed E-state index contributed by atoms with van der Waals surface area (Å²) < 4.78 is 8.41. The number of aromatic nitrogens is 2. The molecule has 0 aliphatic heterocycles. The summed E-state index contributed by atoms with van der Waals surface area (Å²) in [6.07, 6.45) is 0.204. The highest BCUT2D eigenvalue weighted by atomic mass is 35.5. The Morgan fingerprint density at radius 3 is 2.52 bits per heavy atom. The van der Waals surface area contributed by atoms with Crippen molar-refractivity contribution < 1.29 is 9.53 Å². The zero-order chi connectivity index (χ0) is 24.1. The second kappa shape index (κ2) is 10.4. The molecule has 1 atom stereocenters. The molecule has 3 rings (SSSR count). The van der Waals surface area contributed by atoms with Crippen LogP contribution in [0.5, 0.6) is 5.75 Å². The van der Waals surface area contributed by atoms with E-state index in [1.165, 1.54) is 4.57 Å². The van der Waals surface area contributed by atoms with E-state index in [-0.39, 0.29) is 42.6 Å². The number of rotatable bonds is 8. The van der Waals surface area contributed by atoms with Crippen LogP contribution >= 0.6 is 11.6 Å². The molecule has 0 saturated carbocycles. The molecule has 33 heavy (non-hydrogen) atoms. The highest BCUT2D eigenvalue weighted by Crippen LogP contribution is 2.23. The van der Waals surface area contributed by atoms with Crippen LogP contribution in [0.15, 0.2) is 46.0 Å². The molecule has 0 aliphatic rings. The average molecular weight is 469 g/mol. The number of fused-ring (bicyclic) bond motifs is 1. The van der Waals surface area contributed by atoms with Gasteiger partial charge in [-0.15, -0.1) is 0 Å². The third-order valence-electron chi connectivity index (χ3n) is 5.27. The molecule has 172 valence electrons. The Labute approximate surface area is 196 Å². The Morgan fingerprint density at radius 1 is 1.15 bits per heavy atom. The van der Waals surface area contributed by atoms with Crippen molar-refractivity contribution in [3.8, 4) is 11.8 Å². The van der Waals surface area contributed by atoms with Gasteiger partial charge in [-0.3, -0.25) is 18.7 Å². The standard InChI is InChI=1S/C24H25ClN4O4/c1-4-28-21-9-7-17(11-19(21)23(31)29(5-2)24(28)32)27-22(30)10-15(3)14-33-18-8-6-16(13-26)20(25)12-18/h6-9,11-12,15H,4-5,10,14H2,1-3H3,(H,27,30). The van der Waals surface area contributed by atoms with Crippen LogP contribution in [0.3, 0.4) is 0 Å². The molecule has 1 N–H and O–H groups in total. The van der Waals surface area contributed by atoms with Crippen molar-refractivity contribution in [1.29, 1.82) is 5.26 Å². The maximum absolute atomic E-state index is 12.7. The molecule has 0 saturated heterocycles. The molecule has 2 aromatic carbocycles. The lowest BCUT2D eigenvalue weighted by Crippen LogP contribution is -2.39. The maximum Gasteiger partial charge on any atom is 0.331 e. The van der Waals surface area contributed by atoms with Gasteiger partial charge in [0.1, 0.15) is 11.8 Å². The summed E-state index contributed by atoms with van der Waals surface area (Å²) in [6, 6.07) is 11.8. The number of aryl methyl sites for hydroxylation is 1. The number of benzene rings is 2. The first-order valence-electron chi connectivity index (χ1n) is 10.7. The van der Waals surface area contributed by atoms with Crippen LogP contribution in [0.25, 0.3) is 10.9 Å². The predicted molar refractivity (Wildman–Crippen MR) is 128 cm³/mol. The van der Waals surface area contributed by atoms with E-state index in [0.29, 0.717) is 39.5 Å². The Morgan fingerprint density at radius 2 is 1.88 bits per heavy atom. The van der Waals surface area contributed by atoms with Gasteiger partial charge in [-0.2, -0.15) is 5.26 Å². The van der Waals surface area contributed by atoms with E-state index in [4.69, 9.17) is 21.6 Å². The lowest BCUT2D eigenvalue weighted by molar-refractivity contribution is -0.117. The van der Waals surface area contributed by atoms with Crippen molar-refractivity contribution in [1.82, 2.24) is 9.13 Å². The number of ether oxygens (including phenoxy) is 1. The summed E-state index contributed by atoms with van der Waals surface area (Å²) in [4.78, 5) is 37.8. The number of amides is 1. The summed E-state index contributed by atoms with van der Waals surface area (Å²) in [6.45, 7) is 6.46. The summed E-state index contributed by atoms with van der Waals surface area (Å²) in [7, 11) is 0. The van der Waals surface area contributed by atoms with Crippen molar-refractivity contribution in [3.63, 3.8) is 0 Å². The summed E-state index contributed by atoms with van der Waals surface area (Å²) >= 11 is 6.01. The number of nitrogens with zero attached hydrogens (tertiary/aromatic N) is 3. The summed E-state index contributed by atoms with van der Waals surface area (Å²) in [5, 5.41) is 12.4.